The van der Waals surface area contributed by atoms with E-state index in [-0.39, 0.29) is 11.1 Å². The minimum atomic E-state index is -0.491. The first kappa shape index (κ1) is 20.9. The highest BCUT2D eigenvalue weighted by molar-refractivity contribution is 7.07. The van der Waals surface area contributed by atoms with Gasteiger partial charge in [0.1, 0.15) is 10.7 Å². The third-order valence-corrected chi connectivity index (χ3v) is 5.14. The molecule has 1 aromatic heterocycles. The van der Waals surface area contributed by atoms with Gasteiger partial charge in [-0.1, -0.05) is 23.7 Å². The van der Waals surface area contributed by atoms with E-state index in [0.29, 0.717) is 40.3 Å². The number of amides is 1. The summed E-state index contributed by atoms with van der Waals surface area (Å²) in [6, 6.07) is 9.01. The molecule has 0 aliphatic rings. The Morgan fingerprint density at radius 2 is 2.11 bits per heavy atom. The van der Waals surface area contributed by atoms with Crippen LogP contribution in [-0.2, 0) is 16.1 Å². The molecular formula is C19H20ClN3O3S. The molecule has 0 fully saturated rings. The van der Waals surface area contributed by atoms with Crippen LogP contribution in [0.1, 0.15) is 18.9 Å². The van der Waals surface area contributed by atoms with Crippen molar-refractivity contribution in [3.8, 4) is 6.07 Å². The lowest BCUT2D eigenvalue weighted by Gasteiger charge is -2.04. The zero-order valence-corrected chi connectivity index (χ0v) is 16.7. The molecule has 0 unspecified atom stereocenters. The van der Waals surface area contributed by atoms with Crippen LogP contribution >= 0.6 is 22.9 Å². The Bertz CT molecular complexity index is 1020. The summed E-state index contributed by atoms with van der Waals surface area (Å²) < 4.78 is 7.19. The minimum absolute atomic E-state index is 0.0628. The number of ether oxygens (including phenoxy) is 1. The molecule has 0 saturated heterocycles. The van der Waals surface area contributed by atoms with Crippen LogP contribution in [0.3, 0.4) is 0 Å². The number of rotatable bonds is 7. The number of hydrogen-bond acceptors (Lipinski definition) is 5. The average molecular weight is 406 g/mol. The smallest absolute Gasteiger partial charge is 0.269 e. The molecule has 0 spiro atoms. The number of carbonyl (C=O) groups is 1. The Morgan fingerprint density at radius 3 is 2.70 bits per heavy atom. The van der Waals surface area contributed by atoms with E-state index in [1.54, 1.807) is 44.4 Å². The third kappa shape index (κ3) is 5.30. The van der Waals surface area contributed by atoms with Gasteiger partial charge in [0.15, 0.2) is 5.57 Å². The van der Waals surface area contributed by atoms with Gasteiger partial charge in [-0.2, -0.15) is 5.26 Å². The Labute approximate surface area is 166 Å². The van der Waals surface area contributed by atoms with Crippen molar-refractivity contribution in [2.75, 3.05) is 20.3 Å². The Balaban J connectivity index is 2.50. The lowest BCUT2D eigenvalue weighted by Crippen LogP contribution is -2.34. The quantitative estimate of drug-likeness (QED) is 0.702. The van der Waals surface area contributed by atoms with Crippen LogP contribution in [0.4, 0.5) is 0 Å². The van der Waals surface area contributed by atoms with Crippen molar-refractivity contribution < 1.29 is 9.53 Å². The van der Waals surface area contributed by atoms with Gasteiger partial charge < -0.3 is 10.1 Å². The second kappa shape index (κ2) is 10.1. The van der Waals surface area contributed by atoms with Crippen LogP contribution in [0.15, 0.2) is 29.1 Å². The molecule has 1 heterocycles. The van der Waals surface area contributed by atoms with Gasteiger partial charge >= 0.3 is 0 Å². The van der Waals surface area contributed by atoms with Gasteiger partial charge in [-0.25, -0.2) is 0 Å². The number of halogens is 1. The number of thiazole rings is 1. The van der Waals surface area contributed by atoms with Crippen molar-refractivity contribution in [3.63, 3.8) is 0 Å². The highest BCUT2D eigenvalue weighted by Gasteiger charge is 2.14. The zero-order valence-electron chi connectivity index (χ0n) is 15.1. The van der Waals surface area contributed by atoms with Gasteiger partial charge in [0.2, 0.25) is 0 Å². The number of aromatic nitrogens is 1. The van der Waals surface area contributed by atoms with E-state index < -0.39 is 5.91 Å². The molecule has 0 bridgehead atoms. The van der Waals surface area contributed by atoms with E-state index >= 15 is 0 Å². The largest absolute Gasteiger partial charge is 0.385 e. The summed E-state index contributed by atoms with van der Waals surface area (Å²) >= 11 is 7.02. The number of nitrogens with zero attached hydrogens (tertiary/aromatic N) is 2. The van der Waals surface area contributed by atoms with Crippen LogP contribution in [-0.4, -0.2) is 30.7 Å². The van der Waals surface area contributed by atoms with E-state index in [1.165, 1.54) is 4.57 Å². The summed E-state index contributed by atoms with van der Waals surface area (Å²) in [6.45, 7) is 3.07. The molecule has 0 saturated carbocycles. The van der Waals surface area contributed by atoms with Gasteiger partial charge in [0.25, 0.3) is 11.5 Å². The molecule has 2 aromatic rings. The van der Waals surface area contributed by atoms with Crippen molar-refractivity contribution in [2.45, 2.75) is 19.9 Å². The second-order valence-electron chi connectivity index (χ2n) is 5.61. The van der Waals surface area contributed by atoms with E-state index in [2.05, 4.69) is 5.32 Å². The van der Waals surface area contributed by atoms with Gasteiger partial charge in [0.05, 0.1) is 4.53 Å². The predicted octanol–water partition coefficient (Wildman–Crippen LogP) is 1.24. The second-order valence-corrected chi connectivity index (χ2v) is 7.07. The number of methoxy groups -OCH3 is 1. The van der Waals surface area contributed by atoms with Crippen molar-refractivity contribution in [3.05, 3.63) is 54.4 Å². The first-order valence-electron chi connectivity index (χ1n) is 8.40. The maximum absolute atomic E-state index is 12.7. The van der Waals surface area contributed by atoms with Crippen LogP contribution in [0, 0.1) is 11.3 Å². The average Bonchev–Trinajstić information content (AvgIpc) is 2.96. The number of carbonyl (C=O) groups excluding carboxylic acids is 1. The SMILES string of the molecule is CCn1c(=O)/c(=C\c2ccc(Cl)cc2)s/c1=C(\C#N)C(=O)NCCCOC. The molecule has 1 amide bonds. The van der Waals surface area contributed by atoms with Crippen LogP contribution in [0.5, 0.6) is 0 Å². The third-order valence-electron chi connectivity index (χ3n) is 3.76. The Morgan fingerprint density at radius 1 is 1.41 bits per heavy atom. The Hall–Kier alpha value is -2.40. The van der Waals surface area contributed by atoms with Gasteiger partial charge in [-0.15, -0.1) is 11.3 Å². The summed E-state index contributed by atoms with van der Waals surface area (Å²) in [5.74, 6) is -0.491. The first-order chi connectivity index (χ1) is 13.0. The number of hydrogen-bond donors (Lipinski definition) is 1. The van der Waals surface area contributed by atoms with E-state index in [9.17, 15) is 14.9 Å². The lowest BCUT2D eigenvalue weighted by atomic mass is 10.2. The highest BCUT2D eigenvalue weighted by Crippen LogP contribution is 2.09. The molecule has 8 heteroatoms. The molecule has 0 aliphatic carbocycles. The van der Waals surface area contributed by atoms with Crippen LogP contribution in [0.2, 0.25) is 5.02 Å². The van der Waals surface area contributed by atoms with Crippen molar-refractivity contribution in [1.29, 1.82) is 5.26 Å². The zero-order chi connectivity index (χ0) is 19.8. The number of nitriles is 1. The highest BCUT2D eigenvalue weighted by atomic mass is 35.5. The molecule has 0 radical (unpaired) electrons. The summed E-state index contributed by atoms with van der Waals surface area (Å²) in [6.07, 6.45) is 2.37. The van der Waals surface area contributed by atoms with E-state index in [4.69, 9.17) is 16.3 Å². The van der Waals surface area contributed by atoms with Crippen molar-refractivity contribution in [2.24, 2.45) is 0 Å². The standard InChI is InChI=1S/C19H20ClN3O3S/c1-3-23-18(25)16(11-13-5-7-14(20)8-6-13)27-19(23)15(12-21)17(24)22-9-4-10-26-2/h5-8,11H,3-4,9-10H2,1-2H3,(H,22,24)/b16-11+,19-15+. The fraction of sp³-hybridized carbons (Fsp3) is 0.316. The molecule has 1 aromatic carbocycles. The van der Waals surface area contributed by atoms with E-state index in [1.807, 2.05) is 6.07 Å². The molecular weight excluding hydrogens is 386 g/mol. The lowest BCUT2D eigenvalue weighted by molar-refractivity contribution is -0.115. The number of nitrogens with one attached hydrogen (secondary N) is 1. The van der Waals surface area contributed by atoms with Gasteiger partial charge in [-0.3, -0.25) is 14.2 Å². The molecule has 142 valence electrons. The first-order valence-corrected chi connectivity index (χ1v) is 9.59. The van der Waals surface area contributed by atoms with E-state index in [0.717, 1.165) is 16.9 Å². The monoisotopic (exact) mass is 405 g/mol. The molecule has 27 heavy (non-hydrogen) atoms. The Kier molecular flexibility index (Phi) is 7.80. The maximum atomic E-state index is 12.7. The number of benzene rings is 1. The summed E-state index contributed by atoms with van der Waals surface area (Å²) in [5, 5.41) is 12.8. The summed E-state index contributed by atoms with van der Waals surface area (Å²) in [4.78, 5) is 25.1. The van der Waals surface area contributed by atoms with Crippen molar-refractivity contribution >= 4 is 40.5 Å². The van der Waals surface area contributed by atoms with Crippen LogP contribution in [0.25, 0.3) is 11.6 Å². The molecule has 6 nitrogen and oxygen atoms in total. The minimum Gasteiger partial charge on any atom is -0.385 e. The topological polar surface area (TPSA) is 84.1 Å². The molecule has 2 rings (SSSR count). The van der Waals surface area contributed by atoms with Gasteiger partial charge in [-0.05, 0) is 37.1 Å². The summed E-state index contributed by atoms with van der Waals surface area (Å²) in [7, 11) is 1.58. The fourth-order valence-electron chi connectivity index (χ4n) is 2.41. The molecule has 0 atom stereocenters. The maximum Gasteiger partial charge on any atom is 0.269 e. The van der Waals surface area contributed by atoms with Gasteiger partial charge in [0, 0.05) is 31.8 Å². The summed E-state index contributed by atoms with van der Waals surface area (Å²) in [5.41, 5.74) is 0.523. The normalized spacial score (nSPS) is 12.6. The molecule has 1 N–H and O–H groups in total. The predicted molar refractivity (Wildman–Crippen MR) is 107 cm³/mol. The van der Waals surface area contributed by atoms with Crippen LogP contribution < -0.4 is 20.1 Å². The molecule has 0 aliphatic heterocycles. The van der Waals surface area contributed by atoms with Crippen molar-refractivity contribution in [1.82, 2.24) is 9.88 Å². The fourth-order valence-corrected chi connectivity index (χ4v) is 3.69.